The molecule has 1 amide bonds. The van der Waals surface area contributed by atoms with Crippen molar-refractivity contribution in [2.45, 2.75) is 25.3 Å². The van der Waals surface area contributed by atoms with E-state index in [-0.39, 0.29) is 18.5 Å². The van der Waals surface area contributed by atoms with Gasteiger partial charge in [0.25, 0.3) is 0 Å². The lowest BCUT2D eigenvalue weighted by Crippen LogP contribution is -2.42. The Balaban J connectivity index is 2.48. The van der Waals surface area contributed by atoms with Gasteiger partial charge < -0.3 is 16.2 Å². The Bertz CT molecular complexity index is 217. The van der Waals surface area contributed by atoms with Crippen molar-refractivity contribution in [3.63, 3.8) is 0 Å². The lowest BCUT2D eigenvalue weighted by Gasteiger charge is -2.16. The molecule has 0 saturated heterocycles. The van der Waals surface area contributed by atoms with Gasteiger partial charge in [-0.05, 0) is 12.8 Å². The fraction of sp³-hybridized carbons (Fsp3) is 0.750. The number of amides is 1. The van der Waals surface area contributed by atoms with Crippen LogP contribution in [0.15, 0.2) is 0 Å². The van der Waals surface area contributed by atoms with E-state index in [1.165, 1.54) is 0 Å². The van der Waals surface area contributed by atoms with Crippen LogP contribution >= 0.6 is 0 Å². The largest absolute Gasteiger partial charge is 0.481 e. The van der Waals surface area contributed by atoms with E-state index in [2.05, 4.69) is 5.32 Å². The number of hydrogen-bond donors (Lipinski definition) is 3. The lowest BCUT2D eigenvalue weighted by atomic mass is 10.0. The van der Waals surface area contributed by atoms with Crippen molar-refractivity contribution in [1.82, 2.24) is 5.32 Å². The summed E-state index contributed by atoms with van der Waals surface area (Å²) in [5.74, 6) is -1.55. The van der Waals surface area contributed by atoms with Crippen LogP contribution < -0.4 is 11.1 Å². The first-order chi connectivity index (χ1) is 6.15. The third-order valence-electron chi connectivity index (χ3n) is 2.36. The lowest BCUT2D eigenvalue weighted by molar-refractivity contribution is -0.142. The third-order valence-corrected chi connectivity index (χ3v) is 2.36. The van der Waals surface area contributed by atoms with Crippen molar-refractivity contribution < 1.29 is 14.7 Å². The van der Waals surface area contributed by atoms with Gasteiger partial charge in [-0.2, -0.15) is 0 Å². The monoisotopic (exact) mass is 186 g/mol. The maximum atomic E-state index is 10.9. The van der Waals surface area contributed by atoms with Crippen LogP contribution in [0.3, 0.4) is 0 Å². The van der Waals surface area contributed by atoms with Gasteiger partial charge in [0.05, 0.1) is 12.5 Å². The summed E-state index contributed by atoms with van der Waals surface area (Å²) in [6, 6.07) is -0.228. The summed E-state index contributed by atoms with van der Waals surface area (Å²) in [6.45, 7) is -0.0805. The summed E-state index contributed by atoms with van der Waals surface area (Å²) < 4.78 is 0. The second kappa shape index (κ2) is 4.23. The average Bonchev–Trinajstić information content (AvgIpc) is 2.52. The van der Waals surface area contributed by atoms with E-state index in [0.29, 0.717) is 6.42 Å². The minimum Gasteiger partial charge on any atom is -0.481 e. The van der Waals surface area contributed by atoms with Crippen molar-refractivity contribution in [2.75, 3.05) is 6.54 Å². The molecule has 0 aromatic rings. The van der Waals surface area contributed by atoms with Crippen LogP contribution in [0.25, 0.3) is 0 Å². The van der Waals surface area contributed by atoms with Gasteiger partial charge in [-0.25, -0.2) is 0 Å². The molecule has 0 aromatic heterocycles. The summed E-state index contributed by atoms with van der Waals surface area (Å²) in [5.41, 5.74) is 5.11. The molecule has 1 rings (SSSR count). The topological polar surface area (TPSA) is 92.4 Å². The molecule has 1 saturated carbocycles. The van der Waals surface area contributed by atoms with Gasteiger partial charge in [-0.15, -0.1) is 0 Å². The highest BCUT2D eigenvalue weighted by molar-refractivity contribution is 5.79. The van der Waals surface area contributed by atoms with Gasteiger partial charge in [0.2, 0.25) is 5.91 Å². The van der Waals surface area contributed by atoms with Gasteiger partial charge in [-0.3, -0.25) is 9.59 Å². The number of carboxylic acids is 1. The Morgan fingerprint density at radius 2 is 2.15 bits per heavy atom. The number of hydrogen-bond acceptors (Lipinski definition) is 3. The molecule has 13 heavy (non-hydrogen) atoms. The van der Waals surface area contributed by atoms with Crippen LogP contribution in [0.4, 0.5) is 0 Å². The maximum Gasteiger partial charge on any atom is 0.308 e. The Labute approximate surface area is 76.3 Å². The van der Waals surface area contributed by atoms with Gasteiger partial charge >= 0.3 is 5.97 Å². The Morgan fingerprint density at radius 1 is 1.46 bits per heavy atom. The van der Waals surface area contributed by atoms with Crippen LogP contribution in [0.5, 0.6) is 0 Å². The molecule has 5 heteroatoms. The highest BCUT2D eigenvalue weighted by atomic mass is 16.4. The fourth-order valence-electron chi connectivity index (χ4n) is 1.69. The molecule has 5 nitrogen and oxygen atoms in total. The number of rotatable bonds is 3. The van der Waals surface area contributed by atoms with Crippen molar-refractivity contribution in [3.05, 3.63) is 0 Å². The van der Waals surface area contributed by atoms with Crippen molar-refractivity contribution in [1.29, 1.82) is 0 Å². The van der Waals surface area contributed by atoms with Crippen molar-refractivity contribution in [2.24, 2.45) is 11.7 Å². The third kappa shape index (κ3) is 2.42. The van der Waals surface area contributed by atoms with Gasteiger partial charge in [0.15, 0.2) is 0 Å². The molecule has 1 fully saturated rings. The molecule has 1 aliphatic rings. The second-order valence-corrected chi connectivity index (χ2v) is 3.25. The SMILES string of the molecule is NCC(=O)N[C@@H]1CCC[C@@H]1C(=O)O. The van der Waals surface area contributed by atoms with E-state index >= 15 is 0 Å². The van der Waals surface area contributed by atoms with E-state index in [0.717, 1.165) is 12.8 Å². The normalized spacial score (nSPS) is 27.2. The first-order valence-electron chi connectivity index (χ1n) is 4.37. The van der Waals surface area contributed by atoms with Crippen LogP contribution in [0.1, 0.15) is 19.3 Å². The summed E-state index contributed by atoms with van der Waals surface area (Å²) >= 11 is 0. The number of aliphatic carboxylic acids is 1. The summed E-state index contributed by atoms with van der Waals surface area (Å²) in [6.07, 6.45) is 2.24. The molecule has 0 heterocycles. The van der Waals surface area contributed by atoms with Crippen LogP contribution in [0, 0.1) is 5.92 Å². The van der Waals surface area contributed by atoms with Crippen LogP contribution in [-0.2, 0) is 9.59 Å². The molecular formula is C8H14N2O3. The molecule has 0 radical (unpaired) electrons. The zero-order valence-electron chi connectivity index (χ0n) is 7.32. The first-order valence-corrected chi connectivity index (χ1v) is 4.37. The summed E-state index contributed by atoms with van der Waals surface area (Å²) in [4.78, 5) is 21.6. The van der Waals surface area contributed by atoms with E-state index in [9.17, 15) is 9.59 Å². The number of nitrogens with one attached hydrogen (secondary N) is 1. The number of carbonyl (C=O) groups excluding carboxylic acids is 1. The molecular weight excluding hydrogens is 172 g/mol. The molecule has 4 N–H and O–H groups in total. The van der Waals surface area contributed by atoms with E-state index < -0.39 is 11.9 Å². The molecule has 0 bridgehead atoms. The van der Waals surface area contributed by atoms with Gasteiger partial charge in [0.1, 0.15) is 0 Å². The number of carboxylic acid groups (broad SMARTS) is 1. The Morgan fingerprint density at radius 3 is 2.69 bits per heavy atom. The zero-order valence-corrected chi connectivity index (χ0v) is 7.32. The standard InChI is InChI=1S/C8H14N2O3/c9-4-7(11)10-6-3-1-2-5(6)8(12)13/h5-6H,1-4,9H2,(H,10,11)(H,12,13)/t5-,6+/m0/s1. The first kappa shape index (κ1) is 9.98. The highest BCUT2D eigenvalue weighted by Gasteiger charge is 2.33. The second-order valence-electron chi connectivity index (χ2n) is 3.25. The van der Waals surface area contributed by atoms with Gasteiger partial charge in [-0.1, -0.05) is 6.42 Å². The van der Waals surface area contributed by atoms with Crippen LogP contribution in [0.2, 0.25) is 0 Å². The fourth-order valence-corrected chi connectivity index (χ4v) is 1.69. The van der Waals surface area contributed by atoms with E-state index in [1.54, 1.807) is 0 Å². The van der Waals surface area contributed by atoms with Gasteiger partial charge in [0, 0.05) is 6.04 Å². The number of nitrogens with two attached hydrogens (primary N) is 1. The molecule has 0 aliphatic heterocycles. The highest BCUT2D eigenvalue weighted by Crippen LogP contribution is 2.25. The minimum atomic E-state index is -0.833. The minimum absolute atomic E-state index is 0.0805. The van der Waals surface area contributed by atoms with Crippen molar-refractivity contribution >= 4 is 11.9 Å². The predicted molar refractivity (Wildman–Crippen MR) is 46.0 cm³/mol. The molecule has 2 atom stereocenters. The molecule has 74 valence electrons. The molecule has 0 spiro atoms. The quantitative estimate of drug-likeness (QED) is 0.544. The smallest absolute Gasteiger partial charge is 0.308 e. The molecule has 1 aliphatic carbocycles. The van der Waals surface area contributed by atoms with E-state index in [1.807, 2.05) is 0 Å². The van der Waals surface area contributed by atoms with Crippen molar-refractivity contribution in [3.8, 4) is 0 Å². The van der Waals surface area contributed by atoms with E-state index in [4.69, 9.17) is 10.8 Å². The predicted octanol–water partition coefficient (Wildman–Crippen LogP) is -0.685. The maximum absolute atomic E-state index is 10.9. The Kier molecular flexibility index (Phi) is 3.25. The molecule has 0 unspecified atom stereocenters. The average molecular weight is 186 g/mol. The number of carbonyl (C=O) groups is 2. The summed E-state index contributed by atoms with van der Waals surface area (Å²) in [7, 11) is 0. The molecule has 0 aromatic carbocycles. The van der Waals surface area contributed by atoms with Crippen LogP contribution in [-0.4, -0.2) is 29.6 Å². The Hall–Kier alpha value is -1.10. The summed E-state index contributed by atoms with van der Waals surface area (Å²) in [5, 5.41) is 11.4. The zero-order chi connectivity index (χ0) is 9.84.